The molecule has 116 valence electrons. The summed E-state index contributed by atoms with van der Waals surface area (Å²) < 4.78 is 5.23. The quantitative estimate of drug-likeness (QED) is 0.847. The van der Waals surface area contributed by atoms with Gasteiger partial charge in [0.05, 0.1) is 13.2 Å². The Hall–Kier alpha value is -1.46. The Morgan fingerprint density at radius 3 is 2.90 bits per heavy atom. The minimum absolute atomic E-state index is 0.225. The molecule has 5 nitrogen and oxygen atoms in total. The number of nitrogens with zero attached hydrogens (tertiary/aromatic N) is 1. The zero-order chi connectivity index (χ0) is 15.4. The number of urea groups is 1. The van der Waals surface area contributed by atoms with Crippen LogP contribution < -0.4 is 10.1 Å². The number of rotatable bonds is 6. The molecule has 2 amide bonds. The molecule has 1 saturated carbocycles. The lowest BCUT2D eigenvalue weighted by Gasteiger charge is -2.21. The first-order chi connectivity index (χ1) is 10.0. The average molecular weight is 313 g/mol. The SMILES string of the molecule is COc1ccc(Cl)cc1CNC(=O)N(C)CC(O)C1CC1. The van der Waals surface area contributed by atoms with Gasteiger partial charge in [-0.3, -0.25) is 0 Å². The summed E-state index contributed by atoms with van der Waals surface area (Å²) >= 11 is 5.95. The van der Waals surface area contributed by atoms with Crippen LogP contribution in [0.2, 0.25) is 5.02 Å². The third kappa shape index (κ3) is 4.51. The maximum atomic E-state index is 12.0. The standard InChI is InChI=1S/C15H21ClN2O3/c1-18(9-13(19)10-3-4-10)15(20)17-8-11-7-12(16)5-6-14(11)21-2/h5-7,10,13,19H,3-4,8-9H2,1-2H3,(H,17,20). The molecule has 2 N–H and O–H groups in total. The van der Waals surface area contributed by atoms with Crippen LogP contribution in [0.4, 0.5) is 4.79 Å². The number of halogens is 1. The van der Waals surface area contributed by atoms with Crippen molar-refractivity contribution in [3.8, 4) is 5.75 Å². The number of hydrogen-bond donors (Lipinski definition) is 2. The lowest BCUT2D eigenvalue weighted by Crippen LogP contribution is -2.41. The van der Waals surface area contributed by atoms with Crippen molar-refractivity contribution in [1.82, 2.24) is 10.2 Å². The molecule has 1 unspecified atom stereocenters. The Labute approximate surface area is 129 Å². The van der Waals surface area contributed by atoms with Gasteiger partial charge < -0.3 is 20.1 Å². The zero-order valence-electron chi connectivity index (χ0n) is 12.3. The van der Waals surface area contributed by atoms with Crippen molar-refractivity contribution in [3.63, 3.8) is 0 Å². The molecule has 1 atom stereocenters. The number of nitrogens with one attached hydrogen (secondary N) is 1. The van der Waals surface area contributed by atoms with Gasteiger partial charge in [-0.05, 0) is 37.0 Å². The number of methoxy groups -OCH3 is 1. The predicted molar refractivity (Wildman–Crippen MR) is 81.6 cm³/mol. The van der Waals surface area contributed by atoms with E-state index in [4.69, 9.17) is 16.3 Å². The molecule has 1 aromatic rings. The van der Waals surface area contributed by atoms with Crippen LogP contribution in [-0.4, -0.2) is 42.8 Å². The molecule has 2 rings (SSSR count). The van der Waals surface area contributed by atoms with Crippen LogP contribution in [0.5, 0.6) is 5.75 Å². The summed E-state index contributed by atoms with van der Waals surface area (Å²) in [6, 6.07) is 5.05. The van der Waals surface area contributed by atoms with E-state index in [9.17, 15) is 9.90 Å². The van der Waals surface area contributed by atoms with E-state index in [0.29, 0.717) is 29.8 Å². The number of benzene rings is 1. The number of carbonyl (C=O) groups excluding carboxylic acids is 1. The summed E-state index contributed by atoms with van der Waals surface area (Å²) in [5.41, 5.74) is 0.814. The second-order valence-electron chi connectivity index (χ2n) is 5.40. The summed E-state index contributed by atoms with van der Waals surface area (Å²) in [5.74, 6) is 1.04. The molecule has 1 aromatic carbocycles. The predicted octanol–water partition coefficient (Wildman–Crippen LogP) is 2.26. The number of amides is 2. The Morgan fingerprint density at radius 1 is 1.57 bits per heavy atom. The summed E-state index contributed by atoms with van der Waals surface area (Å²) in [6.45, 7) is 0.676. The monoisotopic (exact) mass is 312 g/mol. The third-order valence-corrected chi connectivity index (χ3v) is 3.88. The largest absolute Gasteiger partial charge is 0.496 e. The van der Waals surface area contributed by atoms with Crippen LogP contribution in [0.3, 0.4) is 0 Å². The fraction of sp³-hybridized carbons (Fsp3) is 0.533. The smallest absolute Gasteiger partial charge is 0.317 e. The number of aliphatic hydroxyl groups is 1. The van der Waals surface area contributed by atoms with E-state index < -0.39 is 6.10 Å². The normalized spacial score (nSPS) is 15.4. The summed E-state index contributed by atoms with van der Waals surface area (Å²) in [7, 11) is 3.25. The van der Waals surface area contributed by atoms with Crippen molar-refractivity contribution in [2.75, 3.05) is 20.7 Å². The van der Waals surface area contributed by atoms with E-state index in [1.165, 1.54) is 4.90 Å². The first kappa shape index (κ1) is 15.9. The highest BCUT2D eigenvalue weighted by Gasteiger charge is 2.31. The Kier molecular flexibility index (Phi) is 5.31. The molecule has 1 aliphatic rings. The molecule has 6 heteroatoms. The fourth-order valence-electron chi connectivity index (χ4n) is 2.18. The van der Waals surface area contributed by atoms with Gasteiger partial charge in [0.15, 0.2) is 0 Å². The molecule has 1 aliphatic carbocycles. The lowest BCUT2D eigenvalue weighted by molar-refractivity contribution is 0.113. The van der Waals surface area contributed by atoms with Crippen LogP contribution in [0.1, 0.15) is 18.4 Å². The van der Waals surface area contributed by atoms with Crippen molar-refractivity contribution < 1.29 is 14.6 Å². The lowest BCUT2D eigenvalue weighted by atomic mass is 10.2. The average Bonchev–Trinajstić information content (AvgIpc) is 3.29. The minimum atomic E-state index is -0.429. The molecule has 0 aromatic heterocycles. The van der Waals surface area contributed by atoms with E-state index in [0.717, 1.165) is 18.4 Å². The third-order valence-electron chi connectivity index (χ3n) is 3.65. The van der Waals surface area contributed by atoms with E-state index in [2.05, 4.69) is 5.32 Å². The molecule has 0 radical (unpaired) electrons. The van der Waals surface area contributed by atoms with E-state index in [1.807, 2.05) is 0 Å². The molecule has 0 bridgehead atoms. The zero-order valence-corrected chi connectivity index (χ0v) is 13.1. The highest BCUT2D eigenvalue weighted by Crippen LogP contribution is 2.32. The van der Waals surface area contributed by atoms with Gasteiger partial charge in [0.1, 0.15) is 5.75 Å². The molecule has 1 fully saturated rings. The van der Waals surface area contributed by atoms with E-state index >= 15 is 0 Å². The first-order valence-electron chi connectivity index (χ1n) is 7.00. The number of hydrogen-bond acceptors (Lipinski definition) is 3. The summed E-state index contributed by atoms with van der Waals surface area (Å²) in [5, 5.41) is 13.3. The van der Waals surface area contributed by atoms with E-state index in [-0.39, 0.29) is 6.03 Å². The van der Waals surface area contributed by atoms with Crippen molar-refractivity contribution in [1.29, 1.82) is 0 Å². The van der Waals surface area contributed by atoms with Gasteiger partial charge >= 0.3 is 6.03 Å². The molecule has 21 heavy (non-hydrogen) atoms. The second-order valence-corrected chi connectivity index (χ2v) is 5.84. The van der Waals surface area contributed by atoms with Crippen molar-refractivity contribution in [2.45, 2.75) is 25.5 Å². The molecular weight excluding hydrogens is 292 g/mol. The van der Waals surface area contributed by atoms with E-state index in [1.54, 1.807) is 32.4 Å². The summed E-state index contributed by atoms with van der Waals surface area (Å²) in [6.07, 6.45) is 1.67. The van der Waals surface area contributed by atoms with Gasteiger partial charge in [0.25, 0.3) is 0 Å². The number of aliphatic hydroxyl groups excluding tert-OH is 1. The van der Waals surface area contributed by atoms with Crippen LogP contribution in [0.25, 0.3) is 0 Å². The van der Waals surface area contributed by atoms with Gasteiger partial charge in [-0.1, -0.05) is 11.6 Å². The van der Waals surface area contributed by atoms with Crippen LogP contribution in [-0.2, 0) is 6.54 Å². The highest BCUT2D eigenvalue weighted by atomic mass is 35.5. The van der Waals surface area contributed by atoms with Crippen molar-refractivity contribution in [3.05, 3.63) is 28.8 Å². The Morgan fingerprint density at radius 2 is 2.29 bits per heavy atom. The van der Waals surface area contributed by atoms with Crippen LogP contribution >= 0.6 is 11.6 Å². The molecule has 0 heterocycles. The molecule has 0 aliphatic heterocycles. The maximum absolute atomic E-state index is 12.0. The second kappa shape index (κ2) is 7.00. The van der Waals surface area contributed by atoms with Gasteiger partial charge in [0.2, 0.25) is 0 Å². The number of likely N-dealkylation sites (N-methyl/N-ethyl adjacent to an activating group) is 1. The highest BCUT2D eigenvalue weighted by molar-refractivity contribution is 6.30. The van der Waals surface area contributed by atoms with Gasteiger partial charge in [-0.2, -0.15) is 0 Å². The first-order valence-corrected chi connectivity index (χ1v) is 7.38. The molecule has 0 saturated heterocycles. The van der Waals surface area contributed by atoms with Crippen molar-refractivity contribution in [2.24, 2.45) is 5.92 Å². The number of ether oxygens (including phenoxy) is 1. The fourth-order valence-corrected chi connectivity index (χ4v) is 2.38. The topological polar surface area (TPSA) is 61.8 Å². The van der Waals surface area contributed by atoms with Crippen molar-refractivity contribution >= 4 is 17.6 Å². The van der Waals surface area contributed by atoms with Crippen LogP contribution in [0, 0.1) is 5.92 Å². The van der Waals surface area contributed by atoms with Gasteiger partial charge in [-0.15, -0.1) is 0 Å². The Bertz CT molecular complexity index is 506. The van der Waals surface area contributed by atoms with Gasteiger partial charge in [-0.25, -0.2) is 4.79 Å². The minimum Gasteiger partial charge on any atom is -0.496 e. The van der Waals surface area contributed by atoms with Gasteiger partial charge in [0, 0.05) is 30.7 Å². The molecular formula is C15H21ClN2O3. The summed E-state index contributed by atoms with van der Waals surface area (Å²) in [4.78, 5) is 13.5. The van der Waals surface area contributed by atoms with Crippen LogP contribution in [0.15, 0.2) is 18.2 Å². The maximum Gasteiger partial charge on any atom is 0.317 e. The Balaban J connectivity index is 1.86. The number of carbonyl (C=O) groups is 1. The molecule has 0 spiro atoms.